The predicted molar refractivity (Wildman–Crippen MR) is 60.7 cm³/mol. The fourth-order valence-electron chi connectivity index (χ4n) is 1.23. The number of nitrogens with one attached hydrogen (secondary N) is 1. The van der Waals surface area contributed by atoms with Crippen LogP contribution < -0.4 is 5.32 Å². The number of alkyl halides is 1. The highest BCUT2D eigenvalue weighted by molar-refractivity contribution is 6.29. The average molecular weight is 237 g/mol. The summed E-state index contributed by atoms with van der Waals surface area (Å²) in [5.74, 6) is -0.277. The quantitative estimate of drug-likeness (QED) is 0.821. The topological polar surface area (TPSA) is 59.8 Å². The lowest BCUT2D eigenvalue weighted by atomic mass is 10.3. The molecule has 0 atom stereocenters. The molecule has 6 heteroatoms. The van der Waals surface area contributed by atoms with Crippen LogP contribution in [0.2, 0.25) is 0 Å². The first-order valence-corrected chi connectivity index (χ1v) is 5.14. The minimum Gasteiger partial charge on any atom is -0.325 e. The van der Waals surface area contributed by atoms with Gasteiger partial charge in [-0.15, -0.1) is 11.6 Å². The summed E-state index contributed by atoms with van der Waals surface area (Å²) in [4.78, 5) is 14.9. The molecule has 0 spiro atoms. The van der Waals surface area contributed by atoms with E-state index in [1.54, 1.807) is 23.1 Å². The Morgan fingerprint density at radius 1 is 1.38 bits per heavy atom. The highest BCUT2D eigenvalue weighted by Gasteiger charge is 2.00. The standard InChI is InChI=1S/C10H9ClN4O/c11-5-10(16)14-8-1-3-9(4-2-8)15-7-12-6-13-15/h1-4,6-7H,5H2,(H,14,16). The molecule has 0 radical (unpaired) electrons. The van der Waals surface area contributed by atoms with Gasteiger partial charge in [0.15, 0.2) is 0 Å². The third kappa shape index (κ3) is 2.38. The Bertz CT molecular complexity index is 466. The number of hydrogen-bond donors (Lipinski definition) is 1. The number of halogens is 1. The number of anilines is 1. The first-order valence-electron chi connectivity index (χ1n) is 4.60. The van der Waals surface area contributed by atoms with Crippen LogP contribution in [-0.2, 0) is 4.79 Å². The number of aromatic nitrogens is 3. The highest BCUT2D eigenvalue weighted by atomic mass is 35.5. The van der Waals surface area contributed by atoms with Gasteiger partial charge in [-0.25, -0.2) is 9.67 Å². The van der Waals surface area contributed by atoms with Crippen molar-refractivity contribution < 1.29 is 4.79 Å². The van der Waals surface area contributed by atoms with Crippen molar-refractivity contribution in [1.29, 1.82) is 0 Å². The van der Waals surface area contributed by atoms with Crippen LogP contribution >= 0.6 is 11.6 Å². The minimum atomic E-state index is -0.227. The fourth-order valence-corrected chi connectivity index (χ4v) is 1.30. The molecule has 0 unspecified atom stereocenters. The Kier molecular flexibility index (Phi) is 3.16. The lowest BCUT2D eigenvalue weighted by molar-refractivity contribution is -0.113. The molecule has 0 bridgehead atoms. The van der Waals surface area contributed by atoms with E-state index in [2.05, 4.69) is 15.4 Å². The molecule has 0 fully saturated rings. The summed E-state index contributed by atoms with van der Waals surface area (Å²) in [6.45, 7) is 0. The molecule has 0 saturated carbocycles. The van der Waals surface area contributed by atoms with Gasteiger partial charge in [-0.1, -0.05) is 0 Å². The summed E-state index contributed by atoms with van der Waals surface area (Å²) in [5, 5.41) is 6.64. The maximum Gasteiger partial charge on any atom is 0.239 e. The van der Waals surface area contributed by atoms with Crippen LogP contribution in [0, 0.1) is 0 Å². The molecular weight excluding hydrogens is 228 g/mol. The minimum absolute atomic E-state index is 0.0508. The van der Waals surface area contributed by atoms with Crippen molar-refractivity contribution in [3.63, 3.8) is 0 Å². The van der Waals surface area contributed by atoms with Crippen molar-refractivity contribution in [2.24, 2.45) is 0 Å². The Morgan fingerprint density at radius 3 is 2.69 bits per heavy atom. The molecule has 0 aliphatic rings. The third-order valence-electron chi connectivity index (χ3n) is 1.96. The van der Waals surface area contributed by atoms with Crippen molar-refractivity contribution in [1.82, 2.24) is 14.8 Å². The van der Waals surface area contributed by atoms with Gasteiger partial charge in [-0.05, 0) is 24.3 Å². The smallest absolute Gasteiger partial charge is 0.239 e. The lowest BCUT2D eigenvalue weighted by Gasteiger charge is -2.04. The van der Waals surface area contributed by atoms with Crippen molar-refractivity contribution in [2.75, 3.05) is 11.2 Å². The Morgan fingerprint density at radius 2 is 2.12 bits per heavy atom. The largest absolute Gasteiger partial charge is 0.325 e. The molecule has 1 heterocycles. The summed E-state index contributed by atoms with van der Waals surface area (Å²) >= 11 is 5.38. The van der Waals surface area contributed by atoms with Crippen LogP contribution in [-0.4, -0.2) is 26.6 Å². The predicted octanol–water partition coefficient (Wildman–Crippen LogP) is 1.44. The number of rotatable bonds is 3. The summed E-state index contributed by atoms with van der Waals surface area (Å²) in [5.41, 5.74) is 1.58. The van der Waals surface area contributed by atoms with Gasteiger partial charge in [0.25, 0.3) is 0 Å². The number of hydrogen-bond acceptors (Lipinski definition) is 3. The number of nitrogens with zero attached hydrogens (tertiary/aromatic N) is 3. The van der Waals surface area contributed by atoms with Crippen molar-refractivity contribution in [3.05, 3.63) is 36.9 Å². The first kappa shape index (κ1) is 10.6. The van der Waals surface area contributed by atoms with Gasteiger partial charge in [0.05, 0.1) is 5.69 Å². The molecule has 1 amide bonds. The second kappa shape index (κ2) is 4.76. The van der Waals surface area contributed by atoms with E-state index in [4.69, 9.17) is 11.6 Å². The molecule has 1 aromatic carbocycles. The summed E-state index contributed by atoms with van der Waals surface area (Å²) in [6.07, 6.45) is 3.07. The van der Waals surface area contributed by atoms with Gasteiger partial charge in [-0.2, -0.15) is 5.10 Å². The number of benzene rings is 1. The van der Waals surface area contributed by atoms with E-state index in [1.807, 2.05) is 12.1 Å². The van der Waals surface area contributed by atoms with Gasteiger partial charge in [0.1, 0.15) is 18.5 Å². The molecule has 1 aromatic heterocycles. The molecule has 82 valence electrons. The molecule has 5 nitrogen and oxygen atoms in total. The number of amides is 1. The lowest BCUT2D eigenvalue weighted by Crippen LogP contribution is -2.12. The summed E-state index contributed by atoms with van der Waals surface area (Å²) in [7, 11) is 0. The molecule has 1 N–H and O–H groups in total. The van der Waals surface area contributed by atoms with Crippen LogP contribution in [0.4, 0.5) is 5.69 Å². The molecule has 2 aromatic rings. The Balaban J connectivity index is 2.14. The second-order valence-electron chi connectivity index (χ2n) is 3.07. The van der Waals surface area contributed by atoms with Gasteiger partial charge in [0, 0.05) is 5.69 Å². The fraction of sp³-hybridized carbons (Fsp3) is 0.100. The van der Waals surface area contributed by atoms with Crippen molar-refractivity contribution in [2.45, 2.75) is 0 Å². The molecule has 2 rings (SSSR count). The molecular formula is C10H9ClN4O. The van der Waals surface area contributed by atoms with Gasteiger partial charge in [-0.3, -0.25) is 4.79 Å². The van der Waals surface area contributed by atoms with Crippen LogP contribution in [0.1, 0.15) is 0 Å². The van der Waals surface area contributed by atoms with Gasteiger partial charge >= 0.3 is 0 Å². The normalized spacial score (nSPS) is 10.1. The summed E-state index contributed by atoms with van der Waals surface area (Å²) in [6, 6.07) is 7.22. The van der Waals surface area contributed by atoms with E-state index >= 15 is 0 Å². The van der Waals surface area contributed by atoms with E-state index in [-0.39, 0.29) is 11.8 Å². The summed E-state index contributed by atoms with van der Waals surface area (Å²) < 4.78 is 1.63. The van der Waals surface area contributed by atoms with E-state index in [9.17, 15) is 4.79 Å². The third-order valence-corrected chi connectivity index (χ3v) is 2.20. The van der Waals surface area contributed by atoms with Crippen LogP contribution in [0.15, 0.2) is 36.9 Å². The maximum absolute atomic E-state index is 11.0. The van der Waals surface area contributed by atoms with Gasteiger partial charge < -0.3 is 5.32 Å². The number of carbonyl (C=O) groups excluding carboxylic acids is 1. The van der Waals surface area contributed by atoms with E-state index < -0.39 is 0 Å². The van der Waals surface area contributed by atoms with Crippen molar-refractivity contribution in [3.8, 4) is 5.69 Å². The zero-order valence-corrected chi connectivity index (χ0v) is 9.05. The monoisotopic (exact) mass is 236 g/mol. The molecule has 16 heavy (non-hydrogen) atoms. The Hall–Kier alpha value is -1.88. The molecule has 0 saturated heterocycles. The van der Waals surface area contributed by atoms with E-state index in [0.29, 0.717) is 5.69 Å². The van der Waals surface area contributed by atoms with Crippen LogP contribution in [0.5, 0.6) is 0 Å². The zero-order chi connectivity index (χ0) is 11.4. The molecule has 0 aliphatic carbocycles. The number of carbonyl (C=O) groups is 1. The Labute approximate surface area is 97.1 Å². The van der Waals surface area contributed by atoms with Crippen molar-refractivity contribution >= 4 is 23.2 Å². The van der Waals surface area contributed by atoms with Crippen LogP contribution in [0.3, 0.4) is 0 Å². The SMILES string of the molecule is O=C(CCl)Nc1ccc(-n2cncn2)cc1. The maximum atomic E-state index is 11.0. The van der Waals surface area contributed by atoms with Crippen LogP contribution in [0.25, 0.3) is 5.69 Å². The first-order chi connectivity index (χ1) is 7.79. The highest BCUT2D eigenvalue weighted by Crippen LogP contribution is 2.11. The average Bonchev–Trinajstić information content (AvgIpc) is 2.83. The molecule has 0 aliphatic heterocycles. The zero-order valence-electron chi connectivity index (χ0n) is 8.30. The van der Waals surface area contributed by atoms with Gasteiger partial charge in [0.2, 0.25) is 5.91 Å². The van der Waals surface area contributed by atoms with E-state index in [0.717, 1.165) is 5.69 Å². The van der Waals surface area contributed by atoms with E-state index in [1.165, 1.54) is 6.33 Å². The second-order valence-corrected chi connectivity index (χ2v) is 3.34.